The van der Waals surface area contributed by atoms with E-state index in [0.29, 0.717) is 27.4 Å². The predicted octanol–water partition coefficient (Wildman–Crippen LogP) is 5.44. The number of benzene rings is 3. The van der Waals surface area contributed by atoms with Gasteiger partial charge in [-0.3, -0.25) is 24.5 Å². The standard InChI is InChI=1S/C25H21ClN2O6/c1-16-15-20(28(32)33)11-12-21(16)27-22(29)13-14-23(30)34-25(18-7-9-19(26)10-8-18)24(31)17-5-3-2-4-6-17/h2-12,15,25H,13-14H2,1H3,(H,27,29)/t25-/m0/s1. The zero-order valence-corrected chi connectivity index (χ0v) is 19.0. The van der Waals surface area contributed by atoms with Crippen molar-refractivity contribution in [1.82, 2.24) is 0 Å². The highest BCUT2D eigenvalue weighted by molar-refractivity contribution is 6.30. The molecule has 1 N–H and O–H groups in total. The van der Waals surface area contributed by atoms with Gasteiger partial charge in [0.05, 0.1) is 11.3 Å². The van der Waals surface area contributed by atoms with Gasteiger partial charge in [0.25, 0.3) is 5.69 Å². The molecule has 0 radical (unpaired) electrons. The number of amides is 1. The third-order valence-electron chi connectivity index (χ3n) is 4.97. The molecule has 1 atom stereocenters. The van der Waals surface area contributed by atoms with Crippen molar-refractivity contribution in [2.24, 2.45) is 0 Å². The molecule has 3 rings (SSSR count). The number of esters is 1. The van der Waals surface area contributed by atoms with Crippen LogP contribution in [0.25, 0.3) is 0 Å². The number of non-ortho nitro benzene ring substituents is 1. The van der Waals surface area contributed by atoms with Crippen molar-refractivity contribution in [2.75, 3.05) is 5.32 Å². The quantitative estimate of drug-likeness (QED) is 0.188. The monoisotopic (exact) mass is 480 g/mol. The summed E-state index contributed by atoms with van der Waals surface area (Å²) in [5, 5.41) is 13.9. The molecule has 0 heterocycles. The van der Waals surface area contributed by atoms with Crippen molar-refractivity contribution >= 4 is 40.6 Å². The summed E-state index contributed by atoms with van der Waals surface area (Å²) in [4.78, 5) is 48.2. The van der Waals surface area contributed by atoms with Crippen molar-refractivity contribution in [2.45, 2.75) is 25.9 Å². The number of hydrogen-bond donors (Lipinski definition) is 1. The normalized spacial score (nSPS) is 11.4. The number of halogens is 1. The predicted molar refractivity (Wildman–Crippen MR) is 127 cm³/mol. The van der Waals surface area contributed by atoms with Crippen LogP contribution in [0.4, 0.5) is 11.4 Å². The van der Waals surface area contributed by atoms with E-state index in [9.17, 15) is 24.5 Å². The summed E-state index contributed by atoms with van der Waals surface area (Å²) in [6, 6.07) is 18.9. The maximum atomic E-state index is 13.0. The van der Waals surface area contributed by atoms with E-state index in [1.165, 1.54) is 18.2 Å². The minimum atomic E-state index is -1.19. The summed E-state index contributed by atoms with van der Waals surface area (Å²) in [6.45, 7) is 1.63. The molecular weight excluding hydrogens is 460 g/mol. The second-order valence-corrected chi connectivity index (χ2v) is 7.89. The average molecular weight is 481 g/mol. The van der Waals surface area contributed by atoms with Gasteiger partial charge < -0.3 is 10.1 Å². The first-order valence-electron chi connectivity index (χ1n) is 10.3. The molecule has 1 amide bonds. The van der Waals surface area contributed by atoms with Crippen LogP contribution in [0.15, 0.2) is 72.8 Å². The fourth-order valence-electron chi connectivity index (χ4n) is 3.18. The van der Waals surface area contributed by atoms with Crippen LogP contribution in [0.2, 0.25) is 5.02 Å². The molecular formula is C25H21ClN2O6. The van der Waals surface area contributed by atoms with Gasteiger partial charge in [-0.2, -0.15) is 0 Å². The Kier molecular flexibility index (Phi) is 8.10. The molecule has 0 saturated carbocycles. The highest BCUT2D eigenvalue weighted by Crippen LogP contribution is 2.25. The Labute approximate surface area is 200 Å². The lowest BCUT2D eigenvalue weighted by Crippen LogP contribution is -2.21. The van der Waals surface area contributed by atoms with E-state index in [0.717, 1.165) is 0 Å². The number of Topliss-reactive ketones (excluding diaryl/α,β-unsaturated/α-hetero) is 1. The Bertz CT molecular complexity index is 1210. The third kappa shape index (κ3) is 6.49. The molecule has 0 unspecified atom stereocenters. The van der Waals surface area contributed by atoms with Gasteiger partial charge in [0.2, 0.25) is 11.7 Å². The van der Waals surface area contributed by atoms with Crippen LogP contribution in [0.1, 0.15) is 40.4 Å². The number of ketones is 1. The molecule has 34 heavy (non-hydrogen) atoms. The summed E-state index contributed by atoms with van der Waals surface area (Å²) in [5.41, 5.74) is 1.67. The number of hydrogen-bond acceptors (Lipinski definition) is 6. The molecule has 0 spiro atoms. The largest absolute Gasteiger partial charge is 0.449 e. The number of rotatable bonds is 9. The summed E-state index contributed by atoms with van der Waals surface area (Å²) in [5.74, 6) is -1.59. The number of carbonyl (C=O) groups is 3. The Morgan fingerprint density at radius 2 is 1.68 bits per heavy atom. The van der Waals surface area contributed by atoms with Crippen molar-refractivity contribution < 1.29 is 24.0 Å². The van der Waals surface area contributed by atoms with Gasteiger partial charge in [-0.1, -0.05) is 54.1 Å². The number of nitrogens with zero attached hydrogens (tertiary/aromatic N) is 1. The van der Waals surface area contributed by atoms with Crippen molar-refractivity contribution in [3.63, 3.8) is 0 Å². The van der Waals surface area contributed by atoms with Gasteiger partial charge in [0, 0.05) is 40.4 Å². The van der Waals surface area contributed by atoms with Gasteiger partial charge in [-0.05, 0) is 30.7 Å². The van der Waals surface area contributed by atoms with E-state index in [2.05, 4.69) is 5.32 Å². The highest BCUT2D eigenvalue weighted by Gasteiger charge is 2.26. The highest BCUT2D eigenvalue weighted by atomic mass is 35.5. The van der Waals surface area contributed by atoms with Crippen LogP contribution in [-0.4, -0.2) is 22.6 Å². The lowest BCUT2D eigenvalue weighted by atomic mass is 10.00. The molecule has 0 fully saturated rings. The third-order valence-corrected chi connectivity index (χ3v) is 5.22. The van der Waals surface area contributed by atoms with Gasteiger partial charge in [-0.25, -0.2) is 0 Å². The zero-order valence-electron chi connectivity index (χ0n) is 18.2. The van der Waals surface area contributed by atoms with E-state index in [1.807, 2.05) is 0 Å². The molecule has 9 heteroatoms. The van der Waals surface area contributed by atoms with Crippen molar-refractivity contribution in [3.8, 4) is 0 Å². The maximum Gasteiger partial charge on any atom is 0.307 e. The summed E-state index contributed by atoms with van der Waals surface area (Å²) in [7, 11) is 0. The average Bonchev–Trinajstić information content (AvgIpc) is 2.83. The van der Waals surface area contributed by atoms with Gasteiger partial charge >= 0.3 is 5.97 Å². The number of nitro benzene ring substituents is 1. The first-order valence-corrected chi connectivity index (χ1v) is 10.7. The number of nitro groups is 1. The Morgan fingerprint density at radius 3 is 2.29 bits per heavy atom. The molecule has 0 aliphatic carbocycles. The van der Waals surface area contributed by atoms with Gasteiger partial charge in [0.15, 0.2) is 6.10 Å². The Morgan fingerprint density at radius 1 is 1.00 bits per heavy atom. The molecule has 0 bridgehead atoms. The van der Waals surface area contributed by atoms with Crippen LogP contribution in [-0.2, 0) is 14.3 Å². The van der Waals surface area contributed by atoms with E-state index in [4.69, 9.17) is 16.3 Å². The number of carbonyl (C=O) groups excluding carboxylic acids is 3. The van der Waals surface area contributed by atoms with E-state index in [1.54, 1.807) is 61.5 Å². The smallest absolute Gasteiger partial charge is 0.307 e. The van der Waals surface area contributed by atoms with Crippen LogP contribution >= 0.6 is 11.6 Å². The molecule has 0 aromatic heterocycles. The zero-order chi connectivity index (χ0) is 24.7. The molecule has 174 valence electrons. The first kappa shape index (κ1) is 24.6. The first-order chi connectivity index (χ1) is 16.2. The van der Waals surface area contributed by atoms with Crippen molar-refractivity contribution in [3.05, 3.63) is 105 Å². The number of aryl methyl sites for hydroxylation is 1. The van der Waals surface area contributed by atoms with Crippen LogP contribution in [0.3, 0.4) is 0 Å². The Balaban J connectivity index is 1.65. The number of nitrogens with one attached hydrogen (secondary N) is 1. The minimum Gasteiger partial charge on any atom is -0.449 e. The van der Waals surface area contributed by atoms with Gasteiger partial charge in [0.1, 0.15) is 0 Å². The summed E-state index contributed by atoms with van der Waals surface area (Å²) < 4.78 is 5.47. The molecule has 3 aromatic rings. The second kappa shape index (κ2) is 11.2. The van der Waals surface area contributed by atoms with E-state index >= 15 is 0 Å². The summed E-state index contributed by atoms with van der Waals surface area (Å²) in [6.07, 6.45) is -1.64. The maximum absolute atomic E-state index is 13.0. The van der Waals surface area contributed by atoms with Crippen LogP contribution in [0.5, 0.6) is 0 Å². The Hall–Kier alpha value is -4.04. The molecule has 8 nitrogen and oxygen atoms in total. The topological polar surface area (TPSA) is 116 Å². The van der Waals surface area contributed by atoms with E-state index in [-0.39, 0.29) is 18.5 Å². The minimum absolute atomic E-state index is 0.0876. The molecule has 0 aliphatic heterocycles. The van der Waals surface area contributed by atoms with Crippen LogP contribution < -0.4 is 5.32 Å². The molecule has 3 aromatic carbocycles. The summed E-state index contributed by atoms with van der Waals surface area (Å²) >= 11 is 5.93. The second-order valence-electron chi connectivity index (χ2n) is 7.46. The fraction of sp³-hybridized carbons (Fsp3) is 0.160. The van der Waals surface area contributed by atoms with Crippen LogP contribution in [0, 0.1) is 17.0 Å². The van der Waals surface area contributed by atoms with E-state index < -0.39 is 28.7 Å². The SMILES string of the molecule is Cc1cc([N+](=O)[O-])ccc1NC(=O)CCC(=O)O[C@H](C(=O)c1ccccc1)c1ccc(Cl)cc1. The molecule has 0 aliphatic rings. The molecule has 0 saturated heterocycles. The lowest BCUT2D eigenvalue weighted by Gasteiger charge is -2.18. The lowest BCUT2D eigenvalue weighted by molar-refractivity contribution is -0.384. The number of anilines is 1. The van der Waals surface area contributed by atoms with Crippen molar-refractivity contribution in [1.29, 1.82) is 0 Å². The fourth-order valence-corrected chi connectivity index (χ4v) is 3.31. The number of ether oxygens (including phenoxy) is 1. The van der Waals surface area contributed by atoms with Gasteiger partial charge in [-0.15, -0.1) is 0 Å².